The molecule has 0 aliphatic heterocycles. The van der Waals surface area contributed by atoms with Crippen molar-refractivity contribution in [2.45, 2.75) is 137 Å². The lowest BCUT2D eigenvalue weighted by molar-refractivity contribution is 0.0439. The Morgan fingerprint density at radius 1 is 0.745 bits per heavy atom. The fraction of sp³-hybridized carbons (Fsp3) is 0.561. The molecule has 0 saturated heterocycles. The average Bonchev–Trinajstić information content (AvgIpc) is 2.96. The van der Waals surface area contributed by atoms with Crippen LogP contribution in [-0.4, -0.2) is 29.8 Å². The van der Waals surface area contributed by atoms with Crippen LogP contribution in [0.5, 0.6) is 11.5 Å². The van der Waals surface area contributed by atoms with Crippen LogP contribution in [0.3, 0.4) is 0 Å². The van der Waals surface area contributed by atoms with Gasteiger partial charge in [-0.25, -0.2) is 0 Å². The third kappa shape index (κ3) is 9.62. The van der Waals surface area contributed by atoms with Gasteiger partial charge < -0.3 is 18.3 Å². The first-order chi connectivity index (χ1) is 21.9. The normalized spacial score (nSPS) is 13.5. The van der Waals surface area contributed by atoms with Crippen molar-refractivity contribution in [3.05, 3.63) is 82.9 Å². The van der Waals surface area contributed by atoms with E-state index in [4.69, 9.17) is 18.3 Å². The van der Waals surface area contributed by atoms with Gasteiger partial charge in [0.2, 0.25) is 8.32 Å². The Labute approximate surface area is 289 Å². The first-order valence-corrected chi connectivity index (χ1v) is 22.9. The number of rotatable bonds is 16. The van der Waals surface area contributed by atoms with Gasteiger partial charge in [0.15, 0.2) is 8.32 Å². The van der Waals surface area contributed by atoms with E-state index in [0.717, 1.165) is 30.1 Å². The Kier molecular flexibility index (Phi) is 13.6. The molecule has 0 amide bonds. The lowest BCUT2D eigenvalue weighted by atomic mass is 9.94. The van der Waals surface area contributed by atoms with Crippen molar-refractivity contribution < 1.29 is 18.3 Å². The molecule has 47 heavy (non-hydrogen) atoms. The summed E-state index contributed by atoms with van der Waals surface area (Å²) in [6, 6.07) is 21.5. The molecule has 4 nitrogen and oxygen atoms in total. The van der Waals surface area contributed by atoms with Crippen molar-refractivity contribution in [1.29, 1.82) is 0 Å². The Morgan fingerprint density at radius 2 is 1.32 bits per heavy atom. The standard InChI is InChI=1S/C41H64O4Si2/c1-15-42-39(23-24-44-47(29(2)3,30(4)5)31(6)7)35-19-21-37(22-20-35)43-28-34-17-16-18-36(27-34)40-32(8)25-38(26-33(40)9)45-46(13,14)41(10,11)12/h16-22,25-27,29-31,39H,15,23-24,28H2,1-14H3/t39-/m0/s1. The molecule has 0 aromatic heterocycles. The summed E-state index contributed by atoms with van der Waals surface area (Å²) in [6.07, 6.45) is 0.860. The van der Waals surface area contributed by atoms with Crippen molar-refractivity contribution >= 4 is 16.6 Å². The van der Waals surface area contributed by atoms with Crippen LogP contribution in [0.2, 0.25) is 34.8 Å². The fourth-order valence-corrected chi connectivity index (χ4v) is 13.5. The minimum atomic E-state index is -1.91. The molecule has 260 valence electrons. The van der Waals surface area contributed by atoms with Gasteiger partial charge >= 0.3 is 0 Å². The third-order valence-corrected chi connectivity index (χ3v) is 20.8. The van der Waals surface area contributed by atoms with Gasteiger partial charge in [-0.1, -0.05) is 92.6 Å². The molecule has 0 heterocycles. The van der Waals surface area contributed by atoms with Gasteiger partial charge in [-0.2, -0.15) is 0 Å². The van der Waals surface area contributed by atoms with Crippen molar-refractivity contribution in [1.82, 2.24) is 0 Å². The first-order valence-electron chi connectivity index (χ1n) is 17.8. The molecule has 3 rings (SSSR count). The number of benzene rings is 3. The zero-order chi connectivity index (χ0) is 35.2. The predicted octanol–water partition coefficient (Wildman–Crippen LogP) is 12.6. The van der Waals surface area contributed by atoms with Gasteiger partial charge in [-0.3, -0.25) is 0 Å². The second-order valence-electron chi connectivity index (χ2n) is 15.8. The van der Waals surface area contributed by atoms with Gasteiger partial charge in [0, 0.05) is 13.2 Å². The van der Waals surface area contributed by atoms with Crippen LogP contribution in [0.1, 0.15) is 104 Å². The molecule has 0 radical (unpaired) electrons. The Bertz CT molecular complexity index is 1380. The van der Waals surface area contributed by atoms with Crippen LogP contribution in [0.4, 0.5) is 0 Å². The van der Waals surface area contributed by atoms with E-state index in [2.05, 4.69) is 157 Å². The maximum atomic E-state index is 6.85. The molecule has 3 aromatic rings. The Hall–Kier alpha value is -2.39. The van der Waals surface area contributed by atoms with Crippen molar-refractivity contribution in [2.24, 2.45) is 0 Å². The summed E-state index contributed by atoms with van der Waals surface area (Å²) in [6.45, 7) is 33.8. The summed E-state index contributed by atoms with van der Waals surface area (Å²) >= 11 is 0. The number of hydrogen-bond donors (Lipinski definition) is 0. The van der Waals surface area contributed by atoms with E-state index in [1.165, 1.54) is 27.8 Å². The molecule has 0 unspecified atom stereocenters. The lowest BCUT2D eigenvalue weighted by Crippen LogP contribution is -2.48. The first kappa shape index (κ1) is 39.1. The minimum Gasteiger partial charge on any atom is -0.543 e. The van der Waals surface area contributed by atoms with Crippen LogP contribution < -0.4 is 9.16 Å². The quantitative estimate of drug-likeness (QED) is 0.142. The van der Waals surface area contributed by atoms with Gasteiger partial charge in [-0.05, 0) is 126 Å². The minimum absolute atomic E-state index is 0.00839. The largest absolute Gasteiger partial charge is 0.543 e. The number of hydrogen-bond acceptors (Lipinski definition) is 4. The Morgan fingerprint density at radius 3 is 1.83 bits per heavy atom. The molecular weight excluding hydrogens is 613 g/mol. The summed E-state index contributed by atoms with van der Waals surface area (Å²) in [7, 11) is -3.81. The molecule has 0 bridgehead atoms. The topological polar surface area (TPSA) is 36.9 Å². The van der Waals surface area contributed by atoms with E-state index in [-0.39, 0.29) is 11.1 Å². The van der Waals surface area contributed by atoms with Gasteiger partial charge in [-0.15, -0.1) is 0 Å². The summed E-state index contributed by atoms with van der Waals surface area (Å²) in [5.74, 6) is 1.84. The van der Waals surface area contributed by atoms with Gasteiger partial charge in [0.25, 0.3) is 0 Å². The second kappa shape index (κ2) is 16.3. The average molecular weight is 677 g/mol. The SMILES string of the molecule is CCO[C@@H](CCO[Si](C(C)C)(C(C)C)C(C)C)c1ccc(OCc2cccc(-c3c(C)cc(O[Si](C)(C)C(C)(C)C)cc3C)c2)cc1. The van der Waals surface area contributed by atoms with Gasteiger partial charge in [0.1, 0.15) is 18.1 Å². The third-order valence-electron chi connectivity index (χ3n) is 10.4. The predicted molar refractivity (Wildman–Crippen MR) is 206 cm³/mol. The van der Waals surface area contributed by atoms with E-state index in [1.54, 1.807) is 0 Å². The fourth-order valence-electron chi connectivity index (χ4n) is 7.04. The van der Waals surface area contributed by atoms with E-state index in [1.807, 2.05) is 0 Å². The highest BCUT2D eigenvalue weighted by atomic mass is 28.4. The van der Waals surface area contributed by atoms with Crippen LogP contribution in [0.25, 0.3) is 11.1 Å². The highest BCUT2D eigenvalue weighted by molar-refractivity contribution is 6.77. The zero-order valence-corrected chi connectivity index (χ0v) is 34.0. The van der Waals surface area contributed by atoms with E-state index in [9.17, 15) is 0 Å². The molecule has 1 atom stereocenters. The zero-order valence-electron chi connectivity index (χ0n) is 32.0. The molecular formula is C41H64O4Si2. The molecule has 3 aromatic carbocycles. The maximum Gasteiger partial charge on any atom is 0.250 e. The van der Waals surface area contributed by atoms with Crippen molar-refractivity contribution in [2.75, 3.05) is 13.2 Å². The number of ether oxygens (including phenoxy) is 2. The van der Waals surface area contributed by atoms with Crippen LogP contribution in [0.15, 0.2) is 60.7 Å². The van der Waals surface area contributed by atoms with Crippen LogP contribution in [0, 0.1) is 13.8 Å². The number of aryl methyl sites for hydroxylation is 2. The summed E-state index contributed by atoms with van der Waals surface area (Å²) in [5.41, 5.74) is 8.96. The Balaban J connectivity index is 1.68. The maximum absolute atomic E-state index is 6.85. The molecule has 0 aliphatic carbocycles. The van der Waals surface area contributed by atoms with Crippen molar-refractivity contribution in [3.63, 3.8) is 0 Å². The van der Waals surface area contributed by atoms with Crippen LogP contribution >= 0.6 is 0 Å². The molecule has 0 aliphatic rings. The van der Waals surface area contributed by atoms with Crippen molar-refractivity contribution in [3.8, 4) is 22.6 Å². The summed E-state index contributed by atoms with van der Waals surface area (Å²) in [5, 5.41) is 0.158. The van der Waals surface area contributed by atoms with E-state index < -0.39 is 16.6 Å². The summed E-state index contributed by atoms with van der Waals surface area (Å²) in [4.78, 5) is 0. The second-order valence-corrected chi connectivity index (χ2v) is 25.9. The monoisotopic (exact) mass is 676 g/mol. The molecule has 0 spiro atoms. The summed E-state index contributed by atoms with van der Waals surface area (Å²) < 4.78 is 26.0. The lowest BCUT2D eigenvalue weighted by Gasteiger charge is -2.42. The highest BCUT2D eigenvalue weighted by Crippen LogP contribution is 2.43. The molecule has 0 fully saturated rings. The van der Waals surface area contributed by atoms with Crippen LogP contribution in [-0.2, 0) is 15.8 Å². The highest BCUT2D eigenvalue weighted by Gasteiger charge is 2.45. The van der Waals surface area contributed by atoms with E-state index >= 15 is 0 Å². The smallest absolute Gasteiger partial charge is 0.250 e. The van der Waals surface area contributed by atoms with Gasteiger partial charge in [0.05, 0.1) is 6.10 Å². The molecule has 0 saturated carbocycles. The molecule has 0 N–H and O–H groups in total. The van der Waals surface area contributed by atoms with E-state index in [0.29, 0.717) is 29.8 Å². The molecule has 6 heteroatoms.